The highest BCUT2D eigenvalue weighted by Gasteiger charge is 2.28. The SMILES string of the molecule is C=C(C)C[C@@H](F)C(=O)N(C)[C@@H](C)[C@@H](O)c1ccccc1. The molecule has 1 aromatic carbocycles. The summed E-state index contributed by atoms with van der Waals surface area (Å²) in [5.74, 6) is -0.629. The fourth-order valence-corrected chi connectivity index (χ4v) is 1.96. The van der Waals surface area contributed by atoms with Crippen molar-refractivity contribution in [3.05, 3.63) is 48.0 Å². The first kappa shape index (κ1) is 16.4. The van der Waals surface area contributed by atoms with Gasteiger partial charge in [0, 0.05) is 13.5 Å². The van der Waals surface area contributed by atoms with Crippen LogP contribution < -0.4 is 0 Å². The lowest BCUT2D eigenvalue weighted by molar-refractivity contribution is -0.139. The average molecular weight is 279 g/mol. The van der Waals surface area contributed by atoms with Crippen molar-refractivity contribution in [1.29, 1.82) is 0 Å². The van der Waals surface area contributed by atoms with Crippen molar-refractivity contribution in [2.75, 3.05) is 7.05 Å². The van der Waals surface area contributed by atoms with Crippen LogP contribution in [0.4, 0.5) is 4.39 Å². The molecule has 0 unspecified atom stereocenters. The second-order valence-electron chi connectivity index (χ2n) is 5.17. The summed E-state index contributed by atoms with van der Waals surface area (Å²) in [6, 6.07) is 8.52. The Morgan fingerprint density at radius 1 is 1.40 bits per heavy atom. The van der Waals surface area contributed by atoms with Crippen LogP contribution in [0.5, 0.6) is 0 Å². The summed E-state index contributed by atoms with van der Waals surface area (Å²) in [5, 5.41) is 10.2. The van der Waals surface area contributed by atoms with Crippen LogP contribution in [0.2, 0.25) is 0 Å². The molecule has 0 saturated heterocycles. The van der Waals surface area contributed by atoms with Crippen molar-refractivity contribution in [3.63, 3.8) is 0 Å². The summed E-state index contributed by atoms with van der Waals surface area (Å²) in [6.07, 6.45) is -2.44. The van der Waals surface area contributed by atoms with Crippen LogP contribution in [0.25, 0.3) is 0 Å². The van der Waals surface area contributed by atoms with Gasteiger partial charge in [0.25, 0.3) is 5.91 Å². The van der Waals surface area contributed by atoms with E-state index in [2.05, 4.69) is 6.58 Å². The van der Waals surface area contributed by atoms with E-state index in [0.717, 1.165) is 0 Å². The Labute approximate surface area is 119 Å². The molecule has 0 radical (unpaired) electrons. The van der Waals surface area contributed by atoms with Crippen LogP contribution in [0.15, 0.2) is 42.5 Å². The molecule has 0 fully saturated rings. The van der Waals surface area contributed by atoms with Crippen LogP contribution in [0.1, 0.15) is 31.9 Å². The van der Waals surface area contributed by atoms with Gasteiger partial charge in [-0.2, -0.15) is 0 Å². The largest absolute Gasteiger partial charge is 0.386 e. The van der Waals surface area contributed by atoms with Crippen LogP contribution in [-0.4, -0.2) is 35.2 Å². The molecule has 0 spiro atoms. The molecule has 0 heterocycles. The molecule has 20 heavy (non-hydrogen) atoms. The highest BCUT2D eigenvalue weighted by Crippen LogP contribution is 2.21. The van der Waals surface area contributed by atoms with E-state index in [1.54, 1.807) is 26.0 Å². The maximum absolute atomic E-state index is 13.8. The number of hydrogen-bond acceptors (Lipinski definition) is 2. The molecule has 3 nitrogen and oxygen atoms in total. The molecule has 4 heteroatoms. The van der Waals surface area contributed by atoms with Crippen molar-refractivity contribution in [1.82, 2.24) is 4.90 Å². The Morgan fingerprint density at radius 2 is 1.95 bits per heavy atom. The van der Waals surface area contributed by atoms with E-state index < -0.39 is 24.2 Å². The molecule has 0 aliphatic heterocycles. The summed E-state index contributed by atoms with van der Waals surface area (Å²) in [4.78, 5) is 13.2. The van der Waals surface area contributed by atoms with E-state index in [0.29, 0.717) is 11.1 Å². The number of aliphatic hydroxyl groups is 1. The lowest BCUT2D eigenvalue weighted by Crippen LogP contribution is -2.43. The monoisotopic (exact) mass is 279 g/mol. The Balaban J connectivity index is 2.73. The zero-order valence-electron chi connectivity index (χ0n) is 12.2. The van der Waals surface area contributed by atoms with E-state index in [1.165, 1.54) is 11.9 Å². The predicted molar refractivity (Wildman–Crippen MR) is 78.0 cm³/mol. The third kappa shape index (κ3) is 4.17. The third-order valence-corrected chi connectivity index (χ3v) is 3.35. The number of allylic oxidation sites excluding steroid dienone is 1. The van der Waals surface area contributed by atoms with Crippen molar-refractivity contribution < 1.29 is 14.3 Å². The van der Waals surface area contributed by atoms with Gasteiger partial charge in [0.15, 0.2) is 6.17 Å². The number of aliphatic hydroxyl groups excluding tert-OH is 1. The second-order valence-corrected chi connectivity index (χ2v) is 5.17. The Kier molecular flexibility index (Phi) is 5.89. The third-order valence-electron chi connectivity index (χ3n) is 3.35. The minimum absolute atomic E-state index is 0.0112. The number of hydrogen-bond donors (Lipinski definition) is 1. The molecular formula is C16H22FNO2. The lowest BCUT2D eigenvalue weighted by Gasteiger charge is -2.30. The van der Waals surface area contributed by atoms with Gasteiger partial charge in [-0.05, 0) is 19.4 Å². The van der Waals surface area contributed by atoms with E-state index in [1.807, 2.05) is 18.2 Å². The van der Waals surface area contributed by atoms with Gasteiger partial charge in [0.05, 0.1) is 12.1 Å². The number of nitrogens with zero attached hydrogens (tertiary/aromatic N) is 1. The van der Waals surface area contributed by atoms with Gasteiger partial charge in [-0.3, -0.25) is 4.79 Å². The van der Waals surface area contributed by atoms with Crippen molar-refractivity contribution in [2.24, 2.45) is 0 Å². The number of carbonyl (C=O) groups is 1. The fourth-order valence-electron chi connectivity index (χ4n) is 1.96. The first-order valence-corrected chi connectivity index (χ1v) is 6.62. The first-order valence-electron chi connectivity index (χ1n) is 6.62. The zero-order chi connectivity index (χ0) is 15.3. The van der Waals surface area contributed by atoms with Gasteiger partial charge >= 0.3 is 0 Å². The molecule has 1 aromatic rings. The van der Waals surface area contributed by atoms with Crippen molar-refractivity contribution >= 4 is 5.91 Å². The minimum atomic E-state index is -1.61. The number of halogens is 1. The standard InChI is InChI=1S/C16H22FNO2/c1-11(2)10-14(17)16(20)18(4)12(3)15(19)13-8-6-5-7-9-13/h5-9,12,14-15,19H,1,10H2,2-4H3/t12-,14+,15+/m0/s1. The molecule has 1 N–H and O–H groups in total. The molecule has 110 valence electrons. The number of likely N-dealkylation sites (N-methyl/N-ethyl adjacent to an activating group) is 1. The van der Waals surface area contributed by atoms with Gasteiger partial charge < -0.3 is 10.0 Å². The Bertz CT molecular complexity index is 461. The molecular weight excluding hydrogens is 257 g/mol. The van der Waals surface area contributed by atoms with E-state index in [4.69, 9.17) is 0 Å². The van der Waals surface area contributed by atoms with Crippen LogP contribution in [-0.2, 0) is 4.79 Å². The smallest absolute Gasteiger partial charge is 0.257 e. The highest BCUT2D eigenvalue weighted by molar-refractivity contribution is 5.81. The van der Waals surface area contributed by atoms with Gasteiger partial charge in [-0.25, -0.2) is 4.39 Å². The summed E-state index contributed by atoms with van der Waals surface area (Å²) < 4.78 is 13.8. The number of carbonyl (C=O) groups excluding carboxylic acids is 1. The van der Waals surface area contributed by atoms with Gasteiger partial charge in [0.1, 0.15) is 0 Å². The summed E-state index contributed by atoms with van der Waals surface area (Å²) >= 11 is 0. The summed E-state index contributed by atoms with van der Waals surface area (Å²) in [6.45, 7) is 6.98. The maximum atomic E-state index is 13.8. The molecule has 0 aliphatic rings. The summed E-state index contributed by atoms with van der Waals surface area (Å²) in [7, 11) is 1.50. The van der Waals surface area contributed by atoms with Crippen LogP contribution in [0, 0.1) is 0 Å². The molecule has 3 atom stereocenters. The summed E-state index contributed by atoms with van der Waals surface area (Å²) in [5.41, 5.74) is 1.32. The quantitative estimate of drug-likeness (QED) is 0.813. The Morgan fingerprint density at radius 3 is 2.45 bits per heavy atom. The molecule has 0 saturated carbocycles. The zero-order valence-corrected chi connectivity index (χ0v) is 12.2. The van der Waals surface area contributed by atoms with Gasteiger partial charge in [-0.1, -0.05) is 35.9 Å². The van der Waals surface area contributed by atoms with Crippen LogP contribution in [0.3, 0.4) is 0 Å². The van der Waals surface area contributed by atoms with E-state index in [9.17, 15) is 14.3 Å². The highest BCUT2D eigenvalue weighted by atomic mass is 19.1. The number of rotatable bonds is 6. The molecule has 0 aliphatic carbocycles. The van der Waals surface area contributed by atoms with E-state index >= 15 is 0 Å². The minimum Gasteiger partial charge on any atom is -0.386 e. The topological polar surface area (TPSA) is 40.5 Å². The molecule has 1 rings (SSSR count). The lowest BCUT2D eigenvalue weighted by atomic mass is 10.0. The van der Waals surface area contributed by atoms with Crippen LogP contribution >= 0.6 is 0 Å². The number of alkyl halides is 1. The maximum Gasteiger partial charge on any atom is 0.257 e. The number of amides is 1. The second kappa shape index (κ2) is 7.20. The van der Waals surface area contributed by atoms with Crippen molar-refractivity contribution in [2.45, 2.75) is 38.6 Å². The Hall–Kier alpha value is -1.68. The molecule has 0 aromatic heterocycles. The normalized spacial score (nSPS) is 15.2. The average Bonchev–Trinajstić information content (AvgIpc) is 2.44. The molecule has 0 bridgehead atoms. The van der Waals surface area contributed by atoms with Gasteiger partial charge in [0.2, 0.25) is 0 Å². The predicted octanol–water partition coefficient (Wildman–Crippen LogP) is 2.87. The number of benzene rings is 1. The van der Waals surface area contributed by atoms with E-state index in [-0.39, 0.29) is 6.42 Å². The molecule has 1 amide bonds. The fraction of sp³-hybridized carbons (Fsp3) is 0.438. The van der Waals surface area contributed by atoms with Crippen molar-refractivity contribution in [3.8, 4) is 0 Å². The first-order chi connectivity index (χ1) is 9.34. The van der Waals surface area contributed by atoms with Gasteiger partial charge in [-0.15, -0.1) is 6.58 Å².